The van der Waals surface area contributed by atoms with Crippen LogP contribution >= 0.6 is 0 Å². The Morgan fingerprint density at radius 1 is 1.00 bits per heavy atom. The van der Waals surface area contributed by atoms with Gasteiger partial charge in [-0.15, -0.1) is 0 Å². The van der Waals surface area contributed by atoms with Gasteiger partial charge >= 0.3 is 0 Å². The molecule has 114 valence electrons. The second kappa shape index (κ2) is 8.23. The molecule has 3 heteroatoms. The van der Waals surface area contributed by atoms with Crippen LogP contribution in [0.5, 0.6) is 0 Å². The third kappa shape index (κ3) is 4.92. The van der Waals surface area contributed by atoms with Crippen LogP contribution in [0.25, 0.3) is 0 Å². The fourth-order valence-electron chi connectivity index (χ4n) is 2.06. The number of unbranched alkanes of at least 4 members (excludes halogenated alkanes) is 1. The standard InChI is InChI=1S/C19H21FN2/c1-3-4-5-16-10-11-18(19(20)12-16)14-22-21-13-17-8-6-15(2)7-9-17/h6-14H,3-5H2,1-2H3. The minimum atomic E-state index is -0.247. The fraction of sp³-hybridized carbons (Fsp3) is 0.263. The van der Waals surface area contributed by atoms with Crippen molar-refractivity contribution in [2.45, 2.75) is 33.1 Å². The minimum Gasteiger partial charge on any atom is -0.206 e. The van der Waals surface area contributed by atoms with Gasteiger partial charge in [-0.25, -0.2) is 4.39 Å². The van der Waals surface area contributed by atoms with Crippen LogP contribution in [0.3, 0.4) is 0 Å². The van der Waals surface area contributed by atoms with Crippen molar-refractivity contribution in [3.05, 3.63) is 70.5 Å². The Bertz CT molecular complexity index is 658. The molecule has 2 aromatic carbocycles. The van der Waals surface area contributed by atoms with Crippen molar-refractivity contribution in [2.75, 3.05) is 0 Å². The van der Waals surface area contributed by atoms with Gasteiger partial charge < -0.3 is 0 Å². The number of halogens is 1. The van der Waals surface area contributed by atoms with E-state index in [1.807, 2.05) is 37.3 Å². The van der Waals surface area contributed by atoms with Crippen molar-refractivity contribution in [3.63, 3.8) is 0 Å². The monoisotopic (exact) mass is 296 g/mol. The summed E-state index contributed by atoms with van der Waals surface area (Å²) in [7, 11) is 0. The fourth-order valence-corrected chi connectivity index (χ4v) is 2.06. The molecule has 2 rings (SSSR count). The summed E-state index contributed by atoms with van der Waals surface area (Å²) in [4.78, 5) is 0. The Labute approximate surface area is 131 Å². The molecule has 0 amide bonds. The average Bonchev–Trinajstić information content (AvgIpc) is 2.52. The van der Waals surface area contributed by atoms with Crippen molar-refractivity contribution in [3.8, 4) is 0 Å². The van der Waals surface area contributed by atoms with Gasteiger partial charge in [-0.1, -0.05) is 55.3 Å². The lowest BCUT2D eigenvalue weighted by Gasteiger charge is -2.01. The number of hydrogen-bond donors (Lipinski definition) is 0. The van der Waals surface area contributed by atoms with Crippen LogP contribution in [0, 0.1) is 12.7 Å². The predicted molar refractivity (Wildman–Crippen MR) is 91.4 cm³/mol. The lowest BCUT2D eigenvalue weighted by Crippen LogP contribution is -1.92. The maximum atomic E-state index is 13.9. The summed E-state index contributed by atoms with van der Waals surface area (Å²) in [6.07, 6.45) is 6.20. The van der Waals surface area contributed by atoms with Crippen molar-refractivity contribution in [2.24, 2.45) is 10.2 Å². The maximum Gasteiger partial charge on any atom is 0.132 e. The molecule has 0 aliphatic rings. The Morgan fingerprint density at radius 3 is 2.41 bits per heavy atom. The molecular weight excluding hydrogens is 275 g/mol. The van der Waals surface area contributed by atoms with Gasteiger partial charge in [0.2, 0.25) is 0 Å². The summed E-state index contributed by atoms with van der Waals surface area (Å²) >= 11 is 0. The summed E-state index contributed by atoms with van der Waals surface area (Å²) < 4.78 is 13.9. The Kier molecular flexibility index (Phi) is 6.01. The first-order valence-corrected chi connectivity index (χ1v) is 7.60. The Hall–Kier alpha value is -2.29. The van der Waals surface area contributed by atoms with Gasteiger partial charge in [0.1, 0.15) is 5.82 Å². The third-order valence-corrected chi connectivity index (χ3v) is 3.43. The number of rotatable bonds is 6. The van der Waals surface area contributed by atoms with E-state index in [4.69, 9.17) is 0 Å². The van der Waals surface area contributed by atoms with Crippen LogP contribution in [0.4, 0.5) is 4.39 Å². The van der Waals surface area contributed by atoms with Crippen LogP contribution in [0.15, 0.2) is 52.7 Å². The highest BCUT2D eigenvalue weighted by molar-refractivity contribution is 5.82. The highest BCUT2D eigenvalue weighted by atomic mass is 19.1. The van der Waals surface area contributed by atoms with E-state index in [1.165, 1.54) is 11.8 Å². The van der Waals surface area contributed by atoms with Gasteiger partial charge in [-0.2, -0.15) is 10.2 Å². The summed E-state index contributed by atoms with van der Waals surface area (Å²) in [6.45, 7) is 4.16. The van der Waals surface area contributed by atoms with E-state index in [9.17, 15) is 4.39 Å². The first kappa shape index (κ1) is 16.1. The topological polar surface area (TPSA) is 24.7 Å². The van der Waals surface area contributed by atoms with E-state index in [0.29, 0.717) is 5.56 Å². The molecule has 0 bridgehead atoms. The molecule has 0 unspecified atom stereocenters. The number of benzene rings is 2. The van der Waals surface area contributed by atoms with E-state index < -0.39 is 0 Å². The molecule has 0 heterocycles. The molecule has 0 atom stereocenters. The highest BCUT2D eigenvalue weighted by Crippen LogP contribution is 2.11. The van der Waals surface area contributed by atoms with Gasteiger partial charge in [0.05, 0.1) is 12.4 Å². The smallest absolute Gasteiger partial charge is 0.132 e. The lowest BCUT2D eigenvalue weighted by atomic mass is 10.1. The van der Waals surface area contributed by atoms with Crippen LogP contribution in [-0.4, -0.2) is 12.4 Å². The summed E-state index contributed by atoms with van der Waals surface area (Å²) in [5.74, 6) is -0.247. The first-order valence-electron chi connectivity index (χ1n) is 7.60. The van der Waals surface area contributed by atoms with E-state index >= 15 is 0 Å². The zero-order chi connectivity index (χ0) is 15.8. The lowest BCUT2D eigenvalue weighted by molar-refractivity contribution is 0.622. The second-order valence-electron chi connectivity index (χ2n) is 5.36. The van der Waals surface area contributed by atoms with Crippen LogP contribution in [0.1, 0.15) is 42.0 Å². The molecule has 0 N–H and O–H groups in total. The molecular formula is C19H21FN2. The van der Waals surface area contributed by atoms with Gasteiger partial charge in [0.15, 0.2) is 0 Å². The normalized spacial score (nSPS) is 11.6. The Morgan fingerprint density at radius 2 is 1.73 bits per heavy atom. The molecule has 0 aliphatic heterocycles. The molecule has 0 saturated carbocycles. The largest absolute Gasteiger partial charge is 0.206 e. The van der Waals surface area contributed by atoms with Crippen molar-refractivity contribution >= 4 is 12.4 Å². The van der Waals surface area contributed by atoms with Gasteiger partial charge in [-0.3, -0.25) is 0 Å². The molecule has 0 aliphatic carbocycles. The van der Waals surface area contributed by atoms with Crippen molar-refractivity contribution < 1.29 is 4.39 Å². The summed E-state index contributed by atoms with van der Waals surface area (Å²) in [5.41, 5.74) is 3.66. The number of nitrogens with zero attached hydrogens (tertiary/aromatic N) is 2. The highest BCUT2D eigenvalue weighted by Gasteiger charge is 2.01. The summed E-state index contributed by atoms with van der Waals surface area (Å²) in [6, 6.07) is 13.3. The van der Waals surface area contributed by atoms with Crippen molar-refractivity contribution in [1.82, 2.24) is 0 Å². The van der Waals surface area contributed by atoms with Crippen LogP contribution in [0.2, 0.25) is 0 Å². The molecule has 0 spiro atoms. The molecule has 0 aromatic heterocycles. The van der Waals surface area contributed by atoms with Crippen LogP contribution < -0.4 is 0 Å². The van der Waals surface area contributed by atoms with Gasteiger partial charge in [0, 0.05) is 5.56 Å². The Balaban J connectivity index is 1.99. The molecule has 0 radical (unpaired) electrons. The quantitative estimate of drug-likeness (QED) is 0.533. The average molecular weight is 296 g/mol. The van der Waals surface area contributed by atoms with Crippen molar-refractivity contribution in [1.29, 1.82) is 0 Å². The number of aryl methyl sites for hydroxylation is 2. The van der Waals surface area contributed by atoms with E-state index in [-0.39, 0.29) is 5.82 Å². The van der Waals surface area contributed by atoms with E-state index in [2.05, 4.69) is 17.1 Å². The first-order chi connectivity index (χ1) is 10.7. The molecule has 0 fully saturated rings. The molecule has 2 aromatic rings. The SMILES string of the molecule is CCCCc1ccc(C=NN=Cc2ccc(C)cc2)c(F)c1. The van der Waals surface area contributed by atoms with Crippen LogP contribution in [-0.2, 0) is 6.42 Å². The van der Waals surface area contributed by atoms with E-state index in [0.717, 1.165) is 30.4 Å². The zero-order valence-corrected chi connectivity index (χ0v) is 13.1. The maximum absolute atomic E-state index is 13.9. The zero-order valence-electron chi connectivity index (χ0n) is 13.1. The number of hydrogen-bond acceptors (Lipinski definition) is 2. The molecule has 2 nitrogen and oxygen atoms in total. The molecule has 0 saturated heterocycles. The second-order valence-corrected chi connectivity index (χ2v) is 5.36. The van der Waals surface area contributed by atoms with Gasteiger partial charge in [-0.05, 0) is 37.0 Å². The third-order valence-electron chi connectivity index (χ3n) is 3.43. The van der Waals surface area contributed by atoms with Gasteiger partial charge in [0.25, 0.3) is 0 Å². The summed E-state index contributed by atoms with van der Waals surface area (Å²) in [5, 5.41) is 7.87. The van der Waals surface area contributed by atoms with E-state index in [1.54, 1.807) is 18.3 Å². The predicted octanol–water partition coefficient (Wildman–Crippen LogP) is 4.93. The minimum absolute atomic E-state index is 0.247. The molecule has 22 heavy (non-hydrogen) atoms.